The standard InChI is InChI=1S/C22H19F2NO5/c1-11(2)20(25-21(27)19-15(23)5-4-6-16(19)24)22(28)29-13-7-8-14-12(3)9-18(26)30-17(14)10-13/h4-11,20H,1-3H3,(H,25,27)/t20-/m1/s1. The normalized spacial score (nSPS) is 12.1. The molecule has 1 N–H and O–H groups in total. The maximum absolute atomic E-state index is 13.9. The van der Waals surface area contributed by atoms with E-state index in [1.807, 2.05) is 0 Å². The van der Waals surface area contributed by atoms with Crippen LogP contribution in [-0.4, -0.2) is 17.9 Å². The van der Waals surface area contributed by atoms with Gasteiger partial charge in [0.2, 0.25) is 0 Å². The van der Waals surface area contributed by atoms with E-state index in [4.69, 9.17) is 9.15 Å². The third-order valence-electron chi connectivity index (χ3n) is 4.54. The van der Waals surface area contributed by atoms with Crippen molar-refractivity contribution in [2.45, 2.75) is 26.8 Å². The van der Waals surface area contributed by atoms with Crippen molar-refractivity contribution in [3.05, 3.63) is 75.6 Å². The minimum atomic E-state index is -1.17. The number of hydrogen-bond acceptors (Lipinski definition) is 5. The van der Waals surface area contributed by atoms with E-state index >= 15 is 0 Å². The first-order valence-corrected chi connectivity index (χ1v) is 9.18. The van der Waals surface area contributed by atoms with Gasteiger partial charge in [-0.05, 0) is 42.7 Å². The number of fused-ring (bicyclic) bond motifs is 1. The van der Waals surface area contributed by atoms with Crippen LogP contribution >= 0.6 is 0 Å². The summed E-state index contributed by atoms with van der Waals surface area (Å²) in [5.41, 5.74) is -0.371. The number of halogens is 2. The van der Waals surface area contributed by atoms with Crippen LogP contribution in [0.25, 0.3) is 11.0 Å². The fourth-order valence-corrected chi connectivity index (χ4v) is 2.97. The predicted octanol–water partition coefficient (Wildman–Crippen LogP) is 3.74. The van der Waals surface area contributed by atoms with Crippen molar-refractivity contribution in [1.29, 1.82) is 0 Å². The topological polar surface area (TPSA) is 85.6 Å². The molecule has 0 saturated heterocycles. The van der Waals surface area contributed by atoms with E-state index in [9.17, 15) is 23.2 Å². The number of ether oxygens (including phenoxy) is 1. The molecule has 1 aromatic heterocycles. The number of nitrogens with one attached hydrogen (secondary N) is 1. The Kier molecular flexibility index (Phi) is 5.96. The van der Waals surface area contributed by atoms with Gasteiger partial charge in [0.05, 0.1) is 0 Å². The van der Waals surface area contributed by atoms with Crippen LogP contribution in [0.3, 0.4) is 0 Å². The van der Waals surface area contributed by atoms with Gasteiger partial charge in [0.1, 0.15) is 34.6 Å². The highest BCUT2D eigenvalue weighted by molar-refractivity contribution is 5.97. The SMILES string of the molecule is Cc1cc(=O)oc2cc(OC(=O)[C@H](NC(=O)c3c(F)cccc3F)C(C)C)ccc12. The Morgan fingerprint density at radius 1 is 1.07 bits per heavy atom. The quantitative estimate of drug-likeness (QED) is 0.390. The van der Waals surface area contributed by atoms with Gasteiger partial charge in [-0.15, -0.1) is 0 Å². The molecule has 0 aliphatic rings. The van der Waals surface area contributed by atoms with Crippen LogP contribution in [0.2, 0.25) is 0 Å². The molecule has 1 atom stereocenters. The molecule has 8 heteroatoms. The largest absolute Gasteiger partial charge is 0.425 e. The zero-order chi connectivity index (χ0) is 22.0. The van der Waals surface area contributed by atoms with E-state index in [0.29, 0.717) is 10.9 Å². The van der Waals surface area contributed by atoms with Gasteiger partial charge in [0, 0.05) is 17.5 Å². The minimum absolute atomic E-state index is 0.0956. The first-order valence-electron chi connectivity index (χ1n) is 9.18. The molecule has 0 aliphatic heterocycles. The number of carbonyl (C=O) groups excluding carboxylic acids is 2. The van der Waals surface area contributed by atoms with E-state index in [2.05, 4.69) is 5.32 Å². The number of benzene rings is 2. The summed E-state index contributed by atoms with van der Waals surface area (Å²) in [6.07, 6.45) is 0. The number of aryl methyl sites for hydroxylation is 1. The van der Waals surface area contributed by atoms with Crippen LogP contribution in [0.5, 0.6) is 5.75 Å². The van der Waals surface area contributed by atoms with Gasteiger partial charge in [-0.2, -0.15) is 0 Å². The number of carbonyl (C=O) groups is 2. The molecular formula is C22H19F2NO5. The highest BCUT2D eigenvalue weighted by Crippen LogP contribution is 2.23. The van der Waals surface area contributed by atoms with E-state index in [-0.39, 0.29) is 11.3 Å². The molecule has 0 saturated carbocycles. The van der Waals surface area contributed by atoms with E-state index in [1.165, 1.54) is 18.2 Å². The van der Waals surface area contributed by atoms with Crippen molar-refractivity contribution in [1.82, 2.24) is 5.32 Å². The van der Waals surface area contributed by atoms with Crippen molar-refractivity contribution in [3.63, 3.8) is 0 Å². The van der Waals surface area contributed by atoms with Gasteiger partial charge in [0.25, 0.3) is 5.91 Å². The molecule has 0 fully saturated rings. The molecule has 1 heterocycles. The van der Waals surface area contributed by atoms with E-state index < -0.39 is 46.7 Å². The lowest BCUT2D eigenvalue weighted by Crippen LogP contribution is -2.46. The van der Waals surface area contributed by atoms with E-state index in [0.717, 1.165) is 18.2 Å². The Balaban J connectivity index is 1.83. The molecule has 2 aromatic carbocycles. The zero-order valence-electron chi connectivity index (χ0n) is 16.5. The molecule has 0 unspecified atom stereocenters. The summed E-state index contributed by atoms with van der Waals surface area (Å²) in [4.78, 5) is 36.6. The van der Waals surface area contributed by atoms with Gasteiger partial charge in [0.15, 0.2) is 0 Å². The summed E-state index contributed by atoms with van der Waals surface area (Å²) < 4.78 is 38.2. The van der Waals surface area contributed by atoms with Crippen LogP contribution in [0, 0.1) is 24.5 Å². The van der Waals surface area contributed by atoms with E-state index in [1.54, 1.807) is 26.8 Å². The molecule has 0 spiro atoms. The molecule has 3 aromatic rings. The Morgan fingerprint density at radius 2 is 1.73 bits per heavy atom. The summed E-state index contributed by atoms with van der Waals surface area (Å²) in [6, 6.07) is 7.75. The van der Waals surface area contributed by atoms with Crippen molar-refractivity contribution in [2.75, 3.05) is 0 Å². The van der Waals surface area contributed by atoms with Crippen LogP contribution in [-0.2, 0) is 4.79 Å². The van der Waals surface area contributed by atoms with Gasteiger partial charge in [-0.3, -0.25) is 4.79 Å². The molecule has 0 aliphatic carbocycles. The Labute approximate surface area is 170 Å². The summed E-state index contributed by atoms with van der Waals surface area (Å²) >= 11 is 0. The Bertz CT molecular complexity index is 1170. The monoisotopic (exact) mass is 415 g/mol. The van der Waals surface area contributed by atoms with Crippen molar-refractivity contribution in [2.24, 2.45) is 5.92 Å². The predicted molar refractivity (Wildman–Crippen MR) is 105 cm³/mol. The summed E-state index contributed by atoms with van der Waals surface area (Å²) in [6.45, 7) is 5.04. The summed E-state index contributed by atoms with van der Waals surface area (Å²) in [7, 11) is 0. The third-order valence-corrected chi connectivity index (χ3v) is 4.54. The molecule has 1 amide bonds. The second-order valence-corrected chi connectivity index (χ2v) is 7.12. The fourth-order valence-electron chi connectivity index (χ4n) is 2.97. The molecule has 30 heavy (non-hydrogen) atoms. The lowest BCUT2D eigenvalue weighted by molar-refractivity contribution is -0.137. The lowest BCUT2D eigenvalue weighted by Gasteiger charge is -2.21. The second-order valence-electron chi connectivity index (χ2n) is 7.12. The van der Waals surface area contributed by atoms with Crippen molar-refractivity contribution >= 4 is 22.8 Å². The zero-order valence-corrected chi connectivity index (χ0v) is 16.5. The molecule has 0 bridgehead atoms. The van der Waals surface area contributed by atoms with Crippen LogP contribution in [0.15, 0.2) is 51.7 Å². The molecule has 3 rings (SSSR count). The van der Waals surface area contributed by atoms with Gasteiger partial charge < -0.3 is 14.5 Å². The van der Waals surface area contributed by atoms with Gasteiger partial charge in [-0.25, -0.2) is 18.4 Å². The molecule has 156 valence electrons. The second kappa shape index (κ2) is 8.44. The third kappa shape index (κ3) is 4.37. The van der Waals surface area contributed by atoms with Crippen LogP contribution in [0.1, 0.15) is 29.8 Å². The first kappa shape index (κ1) is 21.2. The number of rotatable bonds is 5. The molecular weight excluding hydrogens is 396 g/mol. The Morgan fingerprint density at radius 3 is 2.37 bits per heavy atom. The highest BCUT2D eigenvalue weighted by atomic mass is 19.1. The highest BCUT2D eigenvalue weighted by Gasteiger charge is 2.29. The minimum Gasteiger partial charge on any atom is -0.425 e. The average Bonchev–Trinajstić information content (AvgIpc) is 2.65. The maximum Gasteiger partial charge on any atom is 0.336 e. The van der Waals surface area contributed by atoms with Crippen LogP contribution in [0.4, 0.5) is 8.78 Å². The molecule has 6 nitrogen and oxygen atoms in total. The van der Waals surface area contributed by atoms with Crippen molar-refractivity contribution in [3.8, 4) is 5.75 Å². The first-order chi connectivity index (χ1) is 14.2. The maximum atomic E-state index is 13.9. The summed E-state index contributed by atoms with van der Waals surface area (Å²) in [5.74, 6) is -4.31. The number of hydrogen-bond donors (Lipinski definition) is 1. The summed E-state index contributed by atoms with van der Waals surface area (Å²) in [5, 5.41) is 3.00. The number of amides is 1. The smallest absolute Gasteiger partial charge is 0.336 e. The Hall–Kier alpha value is -3.55. The van der Waals surface area contributed by atoms with Gasteiger partial charge in [-0.1, -0.05) is 19.9 Å². The van der Waals surface area contributed by atoms with Crippen LogP contribution < -0.4 is 15.7 Å². The average molecular weight is 415 g/mol. The lowest BCUT2D eigenvalue weighted by atomic mass is 10.0. The van der Waals surface area contributed by atoms with Gasteiger partial charge >= 0.3 is 11.6 Å². The number of esters is 1. The van der Waals surface area contributed by atoms with Crippen molar-refractivity contribution < 1.29 is 27.5 Å². The fraction of sp³-hybridized carbons (Fsp3) is 0.227. The molecule has 0 radical (unpaired) electrons.